The molecule has 1 aliphatic heterocycles. The number of anilines is 1. The van der Waals surface area contributed by atoms with E-state index in [2.05, 4.69) is 23.8 Å². The molecule has 6 heteroatoms. The second kappa shape index (κ2) is 7.70. The van der Waals surface area contributed by atoms with E-state index in [1.165, 1.54) is 11.3 Å². The molecule has 0 bridgehead atoms. The van der Waals surface area contributed by atoms with Crippen molar-refractivity contribution >= 4 is 23.2 Å². The predicted molar refractivity (Wildman–Crippen MR) is 106 cm³/mol. The fraction of sp³-hybridized carbons (Fsp3) is 0.500. The largest absolute Gasteiger partial charge is 0.368 e. The molecule has 1 aromatic heterocycles. The number of piperazine rings is 1. The van der Waals surface area contributed by atoms with Crippen molar-refractivity contribution in [1.29, 1.82) is 0 Å². The molecule has 0 aliphatic carbocycles. The van der Waals surface area contributed by atoms with Crippen LogP contribution in [-0.2, 0) is 4.79 Å². The zero-order chi connectivity index (χ0) is 18.8. The van der Waals surface area contributed by atoms with Crippen LogP contribution in [0, 0.1) is 20.8 Å². The van der Waals surface area contributed by atoms with E-state index in [0.717, 1.165) is 42.6 Å². The minimum atomic E-state index is 0.0735. The number of hydrogen-bond acceptors (Lipinski definition) is 3. The molecule has 0 spiro atoms. The number of carbonyl (C=O) groups excluding carboxylic acids is 1. The summed E-state index contributed by atoms with van der Waals surface area (Å²) >= 11 is 6.15. The number of nitrogens with zero attached hydrogens (tertiary/aromatic N) is 4. The molecule has 3 rings (SSSR count). The summed E-state index contributed by atoms with van der Waals surface area (Å²) in [6.07, 6.45) is 0.484. The van der Waals surface area contributed by atoms with E-state index in [9.17, 15) is 4.79 Å². The topological polar surface area (TPSA) is 41.4 Å². The van der Waals surface area contributed by atoms with E-state index in [4.69, 9.17) is 11.6 Å². The summed E-state index contributed by atoms with van der Waals surface area (Å²) in [4.78, 5) is 17.0. The number of aromatic nitrogens is 2. The molecule has 1 aliphatic rings. The van der Waals surface area contributed by atoms with Gasteiger partial charge in [0.15, 0.2) is 0 Å². The minimum absolute atomic E-state index is 0.0735. The van der Waals surface area contributed by atoms with Crippen LogP contribution in [0.1, 0.15) is 36.3 Å². The van der Waals surface area contributed by atoms with Crippen LogP contribution >= 0.6 is 11.6 Å². The Morgan fingerprint density at radius 2 is 1.85 bits per heavy atom. The molecule has 1 saturated heterocycles. The highest BCUT2D eigenvalue weighted by Crippen LogP contribution is 2.25. The van der Waals surface area contributed by atoms with Crippen LogP contribution in [0.3, 0.4) is 0 Å². The number of rotatable bonds is 4. The number of amides is 1. The molecule has 2 aromatic rings. The highest BCUT2D eigenvalue weighted by Gasteiger charge is 2.24. The molecule has 1 aromatic carbocycles. The van der Waals surface area contributed by atoms with Gasteiger partial charge in [0.2, 0.25) is 5.91 Å². The Labute approximate surface area is 160 Å². The predicted octanol–water partition coefficient (Wildman–Crippen LogP) is 3.76. The average molecular weight is 375 g/mol. The fourth-order valence-corrected chi connectivity index (χ4v) is 3.85. The van der Waals surface area contributed by atoms with Gasteiger partial charge in [0, 0.05) is 49.0 Å². The van der Waals surface area contributed by atoms with Crippen molar-refractivity contribution in [3.63, 3.8) is 0 Å². The quantitative estimate of drug-likeness (QED) is 0.818. The monoisotopic (exact) mass is 374 g/mol. The van der Waals surface area contributed by atoms with Crippen LogP contribution in [0.5, 0.6) is 0 Å². The van der Waals surface area contributed by atoms with Gasteiger partial charge >= 0.3 is 0 Å². The van der Waals surface area contributed by atoms with E-state index in [0.29, 0.717) is 6.42 Å². The summed E-state index contributed by atoms with van der Waals surface area (Å²) in [6, 6.07) is 8.10. The van der Waals surface area contributed by atoms with Crippen LogP contribution in [-0.4, -0.2) is 46.8 Å². The van der Waals surface area contributed by atoms with E-state index >= 15 is 0 Å². The summed E-state index contributed by atoms with van der Waals surface area (Å²) in [6.45, 7) is 11.3. The van der Waals surface area contributed by atoms with Gasteiger partial charge in [-0.05, 0) is 51.5 Å². The van der Waals surface area contributed by atoms with Gasteiger partial charge in [0.25, 0.3) is 0 Å². The van der Waals surface area contributed by atoms with Crippen LogP contribution in [0.15, 0.2) is 24.3 Å². The molecular weight excluding hydrogens is 348 g/mol. The number of halogens is 1. The number of benzene rings is 1. The molecule has 1 atom stereocenters. The molecule has 140 valence electrons. The SMILES string of the molecule is Cc1cc(C)n([C@@H](C)CC(=O)N2CCN(c3cc(Cl)ccc3C)CC2)n1. The molecule has 1 amide bonds. The summed E-state index contributed by atoms with van der Waals surface area (Å²) in [7, 11) is 0. The summed E-state index contributed by atoms with van der Waals surface area (Å²) in [5, 5.41) is 5.26. The third-order valence-electron chi connectivity index (χ3n) is 5.08. The Bertz CT molecular complexity index is 793. The van der Waals surface area contributed by atoms with Crippen molar-refractivity contribution in [2.24, 2.45) is 0 Å². The zero-order valence-corrected chi connectivity index (χ0v) is 16.8. The standard InChI is InChI=1S/C20H27ClN4O/c1-14-5-6-18(21)13-19(14)23-7-9-24(10-8-23)20(26)12-17(4)25-16(3)11-15(2)22-25/h5-6,11,13,17H,7-10,12H2,1-4H3/t17-/m0/s1. The molecule has 2 heterocycles. The first-order valence-electron chi connectivity index (χ1n) is 9.17. The Balaban J connectivity index is 1.58. The zero-order valence-electron chi connectivity index (χ0n) is 16.0. The van der Waals surface area contributed by atoms with Gasteiger partial charge < -0.3 is 9.80 Å². The van der Waals surface area contributed by atoms with E-state index < -0.39 is 0 Å². The van der Waals surface area contributed by atoms with Crippen molar-refractivity contribution in [3.8, 4) is 0 Å². The van der Waals surface area contributed by atoms with Gasteiger partial charge in [-0.1, -0.05) is 17.7 Å². The van der Waals surface area contributed by atoms with Crippen molar-refractivity contribution in [3.05, 3.63) is 46.2 Å². The van der Waals surface area contributed by atoms with Crippen LogP contribution < -0.4 is 4.90 Å². The van der Waals surface area contributed by atoms with Gasteiger partial charge in [-0.2, -0.15) is 5.10 Å². The molecule has 1 fully saturated rings. The highest BCUT2D eigenvalue weighted by molar-refractivity contribution is 6.30. The lowest BCUT2D eigenvalue weighted by Gasteiger charge is -2.37. The normalized spacial score (nSPS) is 16.0. The Morgan fingerprint density at radius 3 is 2.46 bits per heavy atom. The van der Waals surface area contributed by atoms with Crippen molar-refractivity contribution in [1.82, 2.24) is 14.7 Å². The molecule has 26 heavy (non-hydrogen) atoms. The second-order valence-corrected chi connectivity index (χ2v) is 7.66. The first kappa shape index (κ1) is 18.8. The average Bonchev–Trinajstić information content (AvgIpc) is 2.95. The van der Waals surface area contributed by atoms with Crippen LogP contribution in [0.4, 0.5) is 5.69 Å². The van der Waals surface area contributed by atoms with Gasteiger partial charge in [-0.15, -0.1) is 0 Å². The molecule has 0 unspecified atom stereocenters. The van der Waals surface area contributed by atoms with Gasteiger partial charge in [0.1, 0.15) is 0 Å². The lowest BCUT2D eigenvalue weighted by Crippen LogP contribution is -2.49. The number of carbonyl (C=O) groups is 1. The van der Waals surface area contributed by atoms with Crippen LogP contribution in [0.2, 0.25) is 5.02 Å². The van der Waals surface area contributed by atoms with Crippen molar-refractivity contribution in [2.75, 3.05) is 31.1 Å². The minimum Gasteiger partial charge on any atom is -0.368 e. The molecule has 0 radical (unpaired) electrons. The maximum atomic E-state index is 12.7. The van der Waals surface area contributed by atoms with Gasteiger partial charge in [-0.25, -0.2) is 0 Å². The number of aryl methyl sites for hydroxylation is 3. The second-order valence-electron chi connectivity index (χ2n) is 7.22. The molecule has 0 N–H and O–H groups in total. The van der Waals surface area contributed by atoms with E-state index in [-0.39, 0.29) is 11.9 Å². The Kier molecular flexibility index (Phi) is 5.56. The lowest BCUT2D eigenvalue weighted by molar-refractivity contribution is -0.132. The van der Waals surface area contributed by atoms with E-state index in [1.54, 1.807) is 0 Å². The summed E-state index contributed by atoms with van der Waals surface area (Å²) < 4.78 is 1.96. The fourth-order valence-electron chi connectivity index (χ4n) is 3.68. The maximum Gasteiger partial charge on any atom is 0.224 e. The third kappa shape index (κ3) is 4.04. The third-order valence-corrected chi connectivity index (χ3v) is 5.31. The van der Waals surface area contributed by atoms with Crippen LogP contribution in [0.25, 0.3) is 0 Å². The molecule has 5 nitrogen and oxygen atoms in total. The summed E-state index contributed by atoms with van der Waals surface area (Å²) in [5.74, 6) is 0.201. The van der Waals surface area contributed by atoms with E-state index in [1.807, 2.05) is 47.7 Å². The summed E-state index contributed by atoms with van der Waals surface area (Å²) in [5.41, 5.74) is 4.48. The van der Waals surface area contributed by atoms with Gasteiger partial charge in [-0.3, -0.25) is 9.48 Å². The first-order valence-corrected chi connectivity index (χ1v) is 9.54. The molecular formula is C20H27ClN4O. The van der Waals surface area contributed by atoms with Crippen molar-refractivity contribution in [2.45, 2.75) is 40.2 Å². The molecule has 0 saturated carbocycles. The highest BCUT2D eigenvalue weighted by atomic mass is 35.5. The lowest BCUT2D eigenvalue weighted by atomic mass is 10.1. The Morgan fingerprint density at radius 1 is 1.15 bits per heavy atom. The smallest absolute Gasteiger partial charge is 0.224 e. The van der Waals surface area contributed by atoms with Gasteiger partial charge in [0.05, 0.1) is 11.7 Å². The first-order chi connectivity index (χ1) is 12.3. The maximum absolute atomic E-state index is 12.7. The number of hydrogen-bond donors (Lipinski definition) is 0. The van der Waals surface area contributed by atoms with Crippen molar-refractivity contribution < 1.29 is 4.79 Å². The Hall–Kier alpha value is -2.01.